The smallest absolute Gasteiger partial charge is 0.168 e. The fourth-order valence-corrected chi connectivity index (χ4v) is 1.62. The number of benzene rings is 1. The third-order valence-electron chi connectivity index (χ3n) is 2.56. The van der Waals surface area contributed by atoms with Crippen LogP contribution in [0.3, 0.4) is 0 Å². The highest BCUT2D eigenvalue weighted by Gasteiger charge is 2.11. The molecule has 1 aromatic rings. The van der Waals surface area contributed by atoms with Gasteiger partial charge in [-0.05, 0) is 31.0 Å². The van der Waals surface area contributed by atoms with Crippen LogP contribution < -0.4 is 10.5 Å². The van der Waals surface area contributed by atoms with E-state index in [2.05, 4.69) is 0 Å². The van der Waals surface area contributed by atoms with Crippen molar-refractivity contribution in [3.63, 3.8) is 0 Å². The summed E-state index contributed by atoms with van der Waals surface area (Å²) in [6.45, 7) is 0.584. The normalized spacial score (nSPS) is 10.3. The number of unbranched alkanes of at least 4 members (excludes halogenated alkanes) is 1. The van der Waals surface area contributed by atoms with E-state index >= 15 is 0 Å². The van der Waals surface area contributed by atoms with Gasteiger partial charge in [-0.15, -0.1) is 0 Å². The molecule has 0 amide bonds. The lowest BCUT2D eigenvalue weighted by molar-refractivity contribution is -0.118. The standard InChI is InChI=1S/C13H18FNO2/c1-17-12-7-4-5-10(13(12)14)9-11(16)6-2-3-8-15/h4-5,7H,2-3,6,8-9,15H2,1H3. The summed E-state index contributed by atoms with van der Waals surface area (Å²) in [5, 5.41) is 0. The maximum absolute atomic E-state index is 13.7. The van der Waals surface area contributed by atoms with Gasteiger partial charge in [0, 0.05) is 12.8 Å². The van der Waals surface area contributed by atoms with E-state index in [0.29, 0.717) is 18.5 Å². The number of carbonyl (C=O) groups excluding carboxylic acids is 1. The summed E-state index contributed by atoms with van der Waals surface area (Å²) >= 11 is 0. The van der Waals surface area contributed by atoms with E-state index in [1.54, 1.807) is 12.1 Å². The summed E-state index contributed by atoms with van der Waals surface area (Å²) in [7, 11) is 1.41. The van der Waals surface area contributed by atoms with Crippen molar-refractivity contribution in [3.8, 4) is 5.75 Å². The van der Waals surface area contributed by atoms with Crippen LogP contribution in [0.5, 0.6) is 5.75 Å². The second kappa shape index (κ2) is 7.01. The quantitative estimate of drug-likeness (QED) is 0.741. The van der Waals surface area contributed by atoms with Crippen LogP contribution in [-0.4, -0.2) is 19.4 Å². The number of nitrogens with two attached hydrogens (primary N) is 1. The van der Waals surface area contributed by atoms with E-state index in [1.807, 2.05) is 0 Å². The molecule has 17 heavy (non-hydrogen) atoms. The van der Waals surface area contributed by atoms with E-state index in [9.17, 15) is 9.18 Å². The predicted molar refractivity (Wildman–Crippen MR) is 64.6 cm³/mol. The Balaban J connectivity index is 2.59. The Morgan fingerprint density at radius 1 is 1.41 bits per heavy atom. The fraction of sp³-hybridized carbons (Fsp3) is 0.462. The summed E-state index contributed by atoms with van der Waals surface area (Å²) < 4.78 is 18.6. The van der Waals surface area contributed by atoms with Gasteiger partial charge >= 0.3 is 0 Å². The summed E-state index contributed by atoms with van der Waals surface area (Å²) in [4.78, 5) is 11.6. The first kappa shape index (κ1) is 13.6. The molecule has 0 fully saturated rings. The van der Waals surface area contributed by atoms with Crippen molar-refractivity contribution in [1.29, 1.82) is 0 Å². The first-order valence-electron chi connectivity index (χ1n) is 5.72. The Morgan fingerprint density at radius 3 is 2.82 bits per heavy atom. The Bertz CT molecular complexity index is 380. The van der Waals surface area contributed by atoms with Crippen molar-refractivity contribution in [1.82, 2.24) is 0 Å². The molecule has 94 valence electrons. The molecule has 0 atom stereocenters. The molecule has 0 unspecified atom stereocenters. The molecule has 0 bridgehead atoms. The lowest BCUT2D eigenvalue weighted by Crippen LogP contribution is -2.06. The van der Waals surface area contributed by atoms with E-state index < -0.39 is 5.82 Å². The van der Waals surface area contributed by atoms with Crippen LogP contribution in [0.25, 0.3) is 0 Å². The summed E-state index contributed by atoms with van der Waals surface area (Å²) in [5.74, 6) is -0.231. The van der Waals surface area contributed by atoms with E-state index in [0.717, 1.165) is 12.8 Å². The Kier molecular flexibility index (Phi) is 5.63. The molecule has 2 N–H and O–H groups in total. The Hall–Kier alpha value is -1.42. The lowest BCUT2D eigenvalue weighted by Gasteiger charge is -2.06. The van der Waals surface area contributed by atoms with Crippen molar-refractivity contribution in [2.75, 3.05) is 13.7 Å². The Labute approximate surface area is 101 Å². The first-order valence-corrected chi connectivity index (χ1v) is 5.72. The molecule has 3 nitrogen and oxygen atoms in total. The maximum atomic E-state index is 13.7. The molecule has 4 heteroatoms. The number of ketones is 1. The molecule has 0 aromatic heterocycles. The molecule has 0 radical (unpaired) electrons. The number of Topliss-reactive ketones (excluding diaryl/α,β-unsaturated/α-hetero) is 1. The molecule has 0 heterocycles. The topological polar surface area (TPSA) is 52.3 Å². The van der Waals surface area contributed by atoms with Crippen LogP contribution in [-0.2, 0) is 11.2 Å². The van der Waals surface area contributed by atoms with Crippen LogP contribution in [0.4, 0.5) is 4.39 Å². The maximum Gasteiger partial charge on any atom is 0.168 e. The van der Waals surface area contributed by atoms with Gasteiger partial charge in [0.15, 0.2) is 11.6 Å². The highest BCUT2D eigenvalue weighted by molar-refractivity contribution is 5.81. The van der Waals surface area contributed by atoms with Crippen molar-refractivity contribution < 1.29 is 13.9 Å². The second-order valence-electron chi connectivity index (χ2n) is 3.89. The van der Waals surface area contributed by atoms with E-state index in [1.165, 1.54) is 13.2 Å². The van der Waals surface area contributed by atoms with Crippen molar-refractivity contribution >= 4 is 5.78 Å². The minimum Gasteiger partial charge on any atom is -0.494 e. The van der Waals surface area contributed by atoms with Gasteiger partial charge in [-0.3, -0.25) is 4.79 Å². The van der Waals surface area contributed by atoms with Crippen LogP contribution in [0, 0.1) is 5.82 Å². The average Bonchev–Trinajstić information content (AvgIpc) is 2.32. The van der Waals surface area contributed by atoms with Gasteiger partial charge < -0.3 is 10.5 Å². The van der Waals surface area contributed by atoms with Crippen molar-refractivity contribution in [2.45, 2.75) is 25.7 Å². The molecule has 1 rings (SSSR count). The van der Waals surface area contributed by atoms with Gasteiger partial charge in [0.1, 0.15) is 5.78 Å². The number of rotatable bonds is 7. The number of carbonyl (C=O) groups is 1. The largest absolute Gasteiger partial charge is 0.494 e. The lowest BCUT2D eigenvalue weighted by atomic mass is 10.0. The third kappa shape index (κ3) is 4.15. The molecule has 0 aliphatic carbocycles. The molecule has 0 aliphatic rings. The van der Waals surface area contributed by atoms with Gasteiger partial charge in [0.05, 0.1) is 7.11 Å². The van der Waals surface area contributed by atoms with Gasteiger partial charge in [0.2, 0.25) is 0 Å². The zero-order chi connectivity index (χ0) is 12.7. The molecule has 0 saturated heterocycles. The van der Waals surface area contributed by atoms with Crippen LogP contribution >= 0.6 is 0 Å². The molecular formula is C13H18FNO2. The van der Waals surface area contributed by atoms with Crippen LogP contribution in [0.15, 0.2) is 18.2 Å². The zero-order valence-corrected chi connectivity index (χ0v) is 10.0. The van der Waals surface area contributed by atoms with E-state index in [4.69, 9.17) is 10.5 Å². The minimum absolute atomic E-state index is 0.0330. The number of methoxy groups -OCH3 is 1. The highest BCUT2D eigenvalue weighted by Crippen LogP contribution is 2.20. The van der Waals surface area contributed by atoms with Gasteiger partial charge in [-0.1, -0.05) is 12.1 Å². The molecule has 0 saturated carbocycles. The molecule has 0 spiro atoms. The van der Waals surface area contributed by atoms with Crippen LogP contribution in [0.2, 0.25) is 0 Å². The Morgan fingerprint density at radius 2 is 2.18 bits per heavy atom. The third-order valence-corrected chi connectivity index (χ3v) is 2.56. The van der Waals surface area contributed by atoms with Gasteiger partial charge in [-0.25, -0.2) is 4.39 Å². The molecule has 0 aliphatic heterocycles. The molecular weight excluding hydrogens is 221 g/mol. The van der Waals surface area contributed by atoms with Crippen LogP contribution in [0.1, 0.15) is 24.8 Å². The van der Waals surface area contributed by atoms with Crippen molar-refractivity contribution in [2.24, 2.45) is 5.73 Å². The SMILES string of the molecule is COc1cccc(CC(=O)CCCCN)c1F. The fourth-order valence-electron chi connectivity index (χ4n) is 1.62. The summed E-state index contributed by atoms with van der Waals surface area (Å²) in [6, 6.07) is 4.83. The second-order valence-corrected chi connectivity index (χ2v) is 3.89. The highest BCUT2D eigenvalue weighted by atomic mass is 19.1. The first-order chi connectivity index (χ1) is 8.19. The number of hydrogen-bond acceptors (Lipinski definition) is 3. The molecule has 1 aromatic carbocycles. The average molecular weight is 239 g/mol. The minimum atomic E-state index is -0.442. The van der Waals surface area contributed by atoms with Crippen molar-refractivity contribution in [3.05, 3.63) is 29.6 Å². The summed E-state index contributed by atoms with van der Waals surface area (Å²) in [6.07, 6.45) is 2.16. The number of halogens is 1. The van der Waals surface area contributed by atoms with E-state index in [-0.39, 0.29) is 18.0 Å². The summed E-state index contributed by atoms with van der Waals surface area (Å²) in [5.41, 5.74) is 5.73. The zero-order valence-electron chi connectivity index (χ0n) is 10.0. The number of hydrogen-bond donors (Lipinski definition) is 1. The number of ether oxygens (including phenoxy) is 1. The van der Waals surface area contributed by atoms with Gasteiger partial charge in [0.25, 0.3) is 0 Å². The monoisotopic (exact) mass is 239 g/mol. The van der Waals surface area contributed by atoms with Gasteiger partial charge in [-0.2, -0.15) is 0 Å². The predicted octanol–water partition coefficient (Wildman–Crippen LogP) is 2.07.